The second-order valence-electron chi connectivity index (χ2n) is 8.10. The average molecular weight is 359 g/mol. The maximum absolute atomic E-state index is 12.3. The molecule has 0 aromatic rings. The number of Topliss-reactive ketones (excluding diaryl/α,β-unsaturated/α-hetero) is 1. The Hall–Kier alpha value is -1.28. The smallest absolute Gasteiger partial charge is 0.316 e. The van der Waals surface area contributed by atoms with Crippen LogP contribution < -0.4 is 0 Å². The Morgan fingerprint density at radius 3 is 2.33 bits per heavy atom. The molecule has 1 fully saturated rings. The maximum Gasteiger partial charge on any atom is 0.316 e. The number of hydrogen-bond acceptors (Lipinski definition) is 6. The molecule has 1 aliphatic rings. The highest BCUT2D eigenvalue weighted by Crippen LogP contribution is 2.39. The Labute approximate surface area is 144 Å². The molecule has 0 unspecified atom stereocenters. The number of hydrogen-bond donors (Lipinski definition) is 0. The minimum Gasteiger partial charge on any atom is -0.469 e. The number of esters is 1. The quantitative estimate of drug-likeness (QED) is 0.324. The van der Waals surface area contributed by atoms with Crippen molar-refractivity contribution in [2.24, 2.45) is 17.8 Å². The van der Waals surface area contributed by atoms with Crippen molar-refractivity contribution in [3.63, 3.8) is 0 Å². The Kier molecular flexibility index (Phi) is 6.32. The van der Waals surface area contributed by atoms with E-state index in [1.54, 1.807) is 6.92 Å². The zero-order valence-electron chi connectivity index (χ0n) is 15.6. The van der Waals surface area contributed by atoms with Crippen LogP contribution in [0.25, 0.3) is 0 Å². The van der Waals surface area contributed by atoms with Crippen LogP contribution in [-0.2, 0) is 18.8 Å². The summed E-state index contributed by atoms with van der Waals surface area (Å²) in [5, 5.41) is 11.6. The van der Waals surface area contributed by atoms with Gasteiger partial charge in [-0.15, -0.1) is 0 Å². The predicted molar refractivity (Wildman–Crippen MR) is 91.7 cm³/mol. The summed E-state index contributed by atoms with van der Waals surface area (Å²) in [5.41, 5.74) is 0. The van der Waals surface area contributed by atoms with Gasteiger partial charge in [0.2, 0.25) is 6.04 Å². The Morgan fingerprint density at radius 2 is 1.92 bits per heavy atom. The van der Waals surface area contributed by atoms with Gasteiger partial charge >= 0.3 is 5.97 Å². The molecule has 0 N–H and O–H groups in total. The van der Waals surface area contributed by atoms with E-state index in [9.17, 15) is 19.7 Å². The molecular formula is C16H29NO6Si. The molecular weight excluding hydrogens is 330 g/mol. The van der Waals surface area contributed by atoms with Gasteiger partial charge in [0, 0.05) is 23.9 Å². The lowest BCUT2D eigenvalue weighted by atomic mass is 9.71. The molecule has 0 amide bonds. The first-order chi connectivity index (χ1) is 10.8. The van der Waals surface area contributed by atoms with Crippen molar-refractivity contribution < 1.29 is 23.7 Å². The van der Waals surface area contributed by atoms with Crippen LogP contribution in [0.15, 0.2) is 0 Å². The van der Waals surface area contributed by atoms with E-state index in [4.69, 9.17) is 4.43 Å². The number of carbonyl (C=O) groups is 2. The number of methoxy groups -OCH3 is 1. The summed E-state index contributed by atoms with van der Waals surface area (Å²) in [6, 6.07) is -1.16. The Bertz CT molecular complexity index is 513. The molecule has 138 valence electrons. The molecule has 0 aromatic carbocycles. The number of nitrogens with zero attached hydrogens (tertiary/aromatic N) is 1. The molecule has 7 nitrogen and oxygen atoms in total. The third kappa shape index (κ3) is 4.21. The zero-order valence-corrected chi connectivity index (χ0v) is 16.6. The van der Waals surface area contributed by atoms with Crippen LogP contribution in [0.3, 0.4) is 0 Å². The van der Waals surface area contributed by atoms with E-state index < -0.39 is 43.0 Å². The van der Waals surface area contributed by atoms with Crippen molar-refractivity contribution in [1.82, 2.24) is 0 Å². The predicted octanol–water partition coefficient (Wildman–Crippen LogP) is 2.67. The molecule has 0 spiro atoms. The second-order valence-corrected chi connectivity index (χ2v) is 12.9. The highest BCUT2D eigenvalue weighted by Gasteiger charge is 2.53. The number of rotatable bonds is 5. The Balaban J connectivity index is 3.08. The van der Waals surface area contributed by atoms with Crippen LogP contribution in [0.1, 0.15) is 34.1 Å². The van der Waals surface area contributed by atoms with Crippen LogP contribution in [0.2, 0.25) is 18.1 Å². The maximum atomic E-state index is 12.3. The topological polar surface area (TPSA) is 95.7 Å². The van der Waals surface area contributed by atoms with Gasteiger partial charge in [-0.05, 0) is 18.1 Å². The van der Waals surface area contributed by atoms with Crippen molar-refractivity contribution in [2.45, 2.75) is 58.3 Å². The number of nitro groups is 1. The molecule has 0 heterocycles. The van der Waals surface area contributed by atoms with Crippen LogP contribution >= 0.6 is 0 Å². The van der Waals surface area contributed by atoms with E-state index in [1.165, 1.54) is 7.11 Å². The summed E-state index contributed by atoms with van der Waals surface area (Å²) in [5.74, 6) is -3.02. The molecule has 1 rings (SSSR count). The summed E-state index contributed by atoms with van der Waals surface area (Å²) < 4.78 is 10.8. The fourth-order valence-corrected chi connectivity index (χ4v) is 3.84. The summed E-state index contributed by atoms with van der Waals surface area (Å²) in [4.78, 5) is 35.3. The molecule has 0 aliphatic heterocycles. The first-order valence-electron chi connectivity index (χ1n) is 8.21. The van der Waals surface area contributed by atoms with Crippen molar-refractivity contribution in [2.75, 3.05) is 13.7 Å². The fraction of sp³-hybridized carbons (Fsp3) is 0.875. The van der Waals surface area contributed by atoms with Gasteiger partial charge in [0.1, 0.15) is 11.7 Å². The normalized spacial score (nSPS) is 28.5. The van der Waals surface area contributed by atoms with E-state index in [0.717, 1.165) is 0 Å². The van der Waals surface area contributed by atoms with Gasteiger partial charge in [0.15, 0.2) is 8.32 Å². The number of carbonyl (C=O) groups excluding carboxylic acids is 2. The highest BCUT2D eigenvalue weighted by molar-refractivity contribution is 6.74. The molecule has 8 heteroatoms. The van der Waals surface area contributed by atoms with Crippen LogP contribution in [-0.4, -0.2) is 44.8 Å². The van der Waals surface area contributed by atoms with Crippen molar-refractivity contribution >= 4 is 20.1 Å². The number of ether oxygens (including phenoxy) is 1. The van der Waals surface area contributed by atoms with E-state index in [0.29, 0.717) is 0 Å². The average Bonchev–Trinajstić information content (AvgIpc) is 2.45. The van der Waals surface area contributed by atoms with Gasteiger partial charge in [-0.25, -0.2) is 0 Å². The van der Waals surface area contributed by atoms with Gasteiger partial charge < -0.3 is 9.16 Å². The Morgan fingerprint density at radius 1 is 1.38 bits per heavy atom. The second kappa shape index (κ2) is 7.31. The SMILES string of the molecule is COC(=O)[C@H]1CC(=O)[C@H](C)[C@H](CO[Si](C)(C)C(C)(C)C)[C@@H]1[N+](=O)[O-]. The lowest BCUT2D eigenvalue weighted by Crippen LogP contribution is -2.53. The van der Waals surface area contributed by atoms with E-state index in [-0.39, 0.29) is 23.8 Å². The zero-order chi connectivity index (χ0) is 18.9. The third-order valence-electron chi connectivity index (χ3n) is 5.61. The van der Waals surface area contributed by atoms with Crippen molar-refractivity contribution in [3.8, 4) is 0 Å². The summed E-state index contributed by atoms with van der Waals surface area (Å²) >= 11 is 0. The lowest BCUT2D eigenvalue weighted by Gasteiger charge is -2.40. The fourth-order valence-electron chi connectivity index (χ4n) is 2.80. The minimum atomic E-state index is -2.11. The largest absolute Gasteiger partial charge is 0.469 e. The van der Waals surface area contributed by atoms with Gasteiger partial charge in [-0.1, -0.05) is 27.7 Å². The molecule has 0 radical (unpaired) electrons. The lowest BCUT2D eigenvalue weighted by molar-refractivity contribution is -0.543. The van der Waals surface area contributed by atoms with Crippen molar-refractivity contribution in [1.29, 1.82) is 0 Å². The first kappa shape index (κ1) is 20.8. The van der Waals surface area contributed by atoms with E-state index >= 15 is 0 Å². The van der Waals surface area contributed by atoms with Crippen LogP contribution in [0.5, 0.6) is 0 Å². The minimum absolute atomic E-state index is 0.0409. The number of ketones is 1. The molecule has 0 aromatic heterocycles. The molecule has 24 heavy (non-hydrogen) atoms. The van der Waals surface area contributed by atoms with Gasteiger partial charge in [-0.3, -0.25) is 19.7 Å². The summed E-state index contributed by atoms with van der Waals surface area (Å²) in [7, 11) is -0.929. The summed E-state index contributed by atoms with van der Waals surface area (Å²) in [6.45, 7) is 12.2. The summed E-state index contributed by atoms with van der Waals surface area (Å²) in [6.07, 6.45) is -0.143. The van der Waals surface area contributed by atoms with Crippen molar-refractivity contribution in [3.05, 3.63) is 10.1 Å². The van der Waals surface area contributed by atoms with Crippen LogP contribution in [0, 0.1) is 27.9 Å². The third-order valence-corrected chi connectivity index (χ3v) is 10.1. The monoisotopic (exact) mass is 359 g/mol. The molecule has 0 bridgehead atoms. The molecule has 0 saturated heterocycles. The van der Waals surface area contributed by atoms with E-state index in [2.05, 4.69) is 38.6 Å². The van der Waals surface area contributed by atoms with Crippen LogP contribution in [0.4, 0.5) is 0 Å². The standard InChI is InChI=1S/C16H29NO6Si/c1-10-12(9-23-24(6,7)16(2,3)4)14(17(20)21)11(8-13(10)18)15(19)22-5/h10-12,14H,8-9H2,1-7H3/t10-,11+,12+,14-/m1/s1. The first-order valence-corrected chi connectivity index (χ1v) is 11.1. The molecule has 4 atom stereocenters. The molecule has 1 aliphatic carbocycles. The molecule has 1 saturated carbocycles. The highest BCUT2D eigenvalue weighted by atomic mass is 28.4. The van der Waals surface area contributed by atoms with Gasteiger partial charge in [0.05, 0.1) is 13.0 Å². The van der Waals surface area contributed by atoms with Gasteiger partial charge in [0.25, 0.3) is 0 Å². The van der Waals surface area contributed by atoms with E-state index in [1.807, 2.05) is 0 Å². The van der Waals surface area contributed by atoms with Gasteiger partial charge in [-0.2, -0.15) is 0 Å².